The van der Waals surface area contributed by atoms with Gasteiger partial charge in [0.1, 0.15) is 5.92 Å². The minimum absolute atomic E-state index is 0.271. The van der Waals surface area contributed by atoms with Crippen molar-refractivity contribution in [3.05, 3.63) is 46.1 Å². The summed E-state index contributed by atoms with van der Waals surface area (Å²) in [5, 5.41) is 11.0. The molecule has 25 heavy (non-hydrogen) atoms. The highest BCUT2D eigenvalue weighted by atomic mass is 35.5. The van der Waals surface area contributed by atoms with E-state index in [0.29, 0.717) is 27.8 Å². The van der Waals surface area contributed by atoms with Gasteiger partial charge >= 0.3 is 5.97 Å². The number of ether oxygens (including phenoxy) is 1. The number of thioether (sulfide) groups is 1. The van der Waals surface area contributed by atoms with Gasteiger partial charge < -0.3 is 4.74 Å². The van der Waals surface area contributed by atoms with E-state index in [9.17, 15) is 10.1 Å². The summed E-state index contributed by atoms with van der Waals surface area (Å²) in [6.07, 6.45) is 3.39. The standard InChI is InChI=1S/C19H21ClN2O2S/c1-4-8-15-17(19(23)24-5-2)16(12-9-6-7-10-14(12)20)13(11-21)18(22-15)25-3/h6-7,9-10,13,16H,4-5,8H2,1-3H3. The fraction of sp³-hybridized carbons (Fsp3) is 0.421. The number of nitrogens with zero attached hydrogens (tertiary/aromatic N) is 2. The molecule has 1 aromatic rings. The molecular weight excluding hydrogens is 356 g/mol. The molecule has 0 radical (unpaired) electrons. The van der Waals surface area contributed by atoms with Gasteiger partial charge in [0, 0.05) is 10.9 Å². The molecule has 2 rings (SSSR count). The molecule has 0 saturated carbocycles. The van der Waals surface area contributed by atoms with Gasteiger partial charge in [0.05, 0.1) is 29.0 Å². The van der Waals surface area contributed by atoms with Gasteiger partial charge in [0.2, 0.25) is 0 Å². The molecule has 1 aliphatic heterocycles. The Morgan fingerprint density at radius 3 is 2.68 bits per heavy atom. The Morgan fingerprint density at radius 2 is 2.12 bits per heavy atom. The van der Waals surface area contributed by atoms with Crippen LogP contribution in [0.3, 0.4) is 0 Å². The zero-order valence-corrected chi connectivity index (χ0v) is 16.2. The van der Waals surface area contributed by atoms with Crippen LogP contribution in [-0.4, -0.2) is 23.9 Å². The third-order valence-electron chi connectivity index (χ3n) is 4.04. The number of esters is 1. The molecule has 4 nitrogen and oxygen atoms in total. The second-order valence-electron chi connectivity index (χ2n) is 5.59. The summed E-state index contributed by atoms with van der Waals surface area (Å²) in [6, 6.07) is 9.66. The molecule has 1 aliphatic rings. The number of nitriles is 1. The Bertz CT molecular complexity index is 752. The summed E-state index contributed by atoms with van der Waals surface area (Å²) in [7, 11) is 0. The van der Waals surface area contributed by atoms with Crippen LogP contribution in [0.15, 0.2) is 40.5 Å². The Kier molecular flexibility index (Phi) is 7.10. The summed E-state index contributed by atoms with van der Waals surface area (Å²) < 4.78 is 5.29. The third-order valence-corrected chi connectivity index (χ3v) is 5.14. The zero-order chi connectivity index (χ0) is 18.4. The molecule has 0 aromatic heterocycles. The molecule has 0 amide bonds. The largest absolute Gasteiger partial charge is 0.463 e. The van der Waals surface area contributed by atoms with E-state index in [-0.39, 0.29) is 6.61 Å². The summed E-state index contributed by atoms with van der Waals surface area (Å²) in [5.41, 5.74) is 1.91. The van der Waals surface area contributed by atoms with E-state index in [4.69, 9.17) is 16.3 Å². The molecule has 0 N–H and O–H groups in total. The zero-order valence-electron chi connectivity index (χ0n) is 14.6. The van der Waals surface area contributed by atoms with Crippen LogP contribution in [-0.2, 0) is 9.53 Å². The van der Waals surface area contributed by atoms with Crippen LogP contribution in [0.2, 0.25) is 5.02 Å². The average molecular weight is 377 g/mol. The first kappa shape index (κ1) is 19.6. The Balaban J connectivity index is 2.72. The van der Waals surface area contributed by atoms with Crippen LogP contribution in [0, 0.1) is 17.2 Å². The van der Waals surface area contributed by atoms with Gasteiger partial charge in [-0.15, -0.1) is 11.8 Å². The summed E-state index contributed by atoms with van der Waals surface area (Å²) in [6.45, 7) is 4.07. The molecule has 2 atom stereocenters. The molecule has 0 spiro atoms. The summed E-state index contributed by atoms with van der Waals surface area (Å²) in [5.74, 6) is -1.45. The highest BCUT2D eigenvalue weighted by molar-refractivity contribution is 8.13. The number of halogens is 1. The molecule has 0 fully saturated rings. The van der Waals surface area contributed by atoms with Crippen molar-refractivity contribution in [1.82, 2.24) is 0 Å². The molecule has 0 saturated heterocycles. The van der Waals surface area contributed by atoms with Crippen LogP contribution in [0.4, 0.5) is 0 Å². The highest BCUT2D eigenvalue weighted by Gasteiger charge is 2.40. The lowest BCUT2D eigenvalue weighted by atomic mass is 9.78. The van der Waals surface area contributed by atoms with Crippen molar-refractivity contribution >= 4 is 34.4 Å². The number of carbonyl (C=O) groups is 1. The van der Waals surface area contributed by atoms with Crippen molar-refractivity contribution in [3.63, 3.8) is 0 Å². The number of hydrogen-bond donors (Lipinski definition) is 0. The number of allylic oxidation sites excluding steroid dienone is 1. The molecule has 1 aromatic carbocycles. The van der Waals surface area contributed by atoms with Crippen molar-refractivity contribution in [2.24, 2.45) is 10.9 Å². The van der Waals surface area contributed by atoms with Crippen LogP contribution >= 0.6 is 23.4 Å². The van der Waals surface area contributed by atoms with Crippen molar-refractivity contribution in [3.8, 4) is 6.07 Å². The first-order valence-electron chi connectivity index (χ1n) is 8.25. The lowest BCUT2D eigenvalue weighted by Gasteiger charge is -2.30. The number of hydrogen-bond acceptors (Lipinski definition) is 5. The van der Waals surface area contributed by atoms with E-state index in [1.165, 1.54) is 11.8 Å². The summed E-state index contributed by atoms with van der Waals surface area (Å²) >= 11 is 7.85. The van der Waals surface area contributed by atoms with E-state index in [2.05, 4.69) is 11.1 Å². The quantitative estimate of drug-likeness (QED) is 0.681. The van der Waals surface area contributed by atoms with Gasteiger partial charge in [-0.05, 0) is 31.2 Å². The Labute approximate surface area is 157 Å². The maximum atomic E-state index is 12.7. The van der Waals surface area contributed by atoms with Gasteiger partial charge in [-0.25, -0.2) is 9.79 Å². The van der Waals surface area contributed by atoms with E-state index >= 15 is 0 Å². The monoisotopic (exact) mass is 376 g/mol. The maximum absolute atomic E-state index is 12.7. The van der Waals surface area contributed by atoms with Gasteiger partial charge in [-0.2, -0.15) is 5.26 Å². The molecule has 2 unspecified atom stereocenters. The first-order valence-corrected chi connectivity index (χ1v) is 9.85. The Morgan fingerprint density at radius 1 is 1.40 bits per heavy atom. The van der Waals surface area contributed by atoms with Gasteiger partial charge in [-0.1, -0.05) is 43.1 Å². The highest BCUT2D eigenvalue weighted by Crippen LogP contribution is 2.44. The minimum atomic E-state index is -0.560. The van der Waals surface area contributed by atoms with Crippen molar-refractivity contribution in [1.29, 1.82) is 5.26 Å². The average Bonchev–Trinajstić information content (AvgIpc) is 2.61. The normalized spacial score (nSPS) is 20.0. The van der Waals surface area contributed by atoms with Crippen LogP contribution in [0.1, 0.15) is 38.2 Å². The lowest BCUT2D eigenvalue weighted by Crippen LogP contribution is -2.30. The Hall–Kier alpha value is -1.77. The smallest absolute Gasteiger partial charge is 0.336 e. The third kappa shape index (κ3) is 4.08. The molecular formula is C19H21ClN2O2S. The molecule has 0 bridgehead atoms. The predicted octanol–water partition coefficient (Wildman–Crippen LogP) is 4.96. The van der Waals surface area contributed by atoms with E-state index in [0.717, 1.165) is 12.0 Å². The number of carbonyl (C=O) groups excluding carboxylic acids is 1. The van der Waals surface area contributed by atoms with Crippen LogP contribution in [0.25, 0.3) is 0 Å². The van der Waals surface area contributed by atoms with Gasteiger partial charge in [0.25, 0.3) is 0 Å². The molecule has 0 aliphatic carbocycles. The lowest BCUT2D eigenvalue weighted by molar-refractivity contribution is -0.139. The minimum Gasteiger partial charge on any atom is -0.463 e. The van der Waals surface area contributed by atoms with Crippen molar-refractivity contribution in [2.75, 3.05) is 12.9 Å². The first-order chi connectivity index (χ1) is 12.1. The van der Waals surface area contributed by atoms with E-state index in [1.807, 2.05) is 31.4 Å². The van der Waals surface area contributed by atoms with Gasteiger partial charge in [0.15, 0.2) is 0 Å². The SMILES string of the molecule is CCCC1=C(C(=O)OCC)C(c2ccccc2Cl)C(C#N)C(SC)=N1. The van der Waals surface area contributed by atoms with Gasteiger partial charge in [-0.3, -0.25) is 0 Å². The van der Waals surface area contributed by atoms with E-state index < -0.39 is 17.8 Å². The number of rotatable bonds is 5. The molecule has 132 valence electrons. The summed E-state index contributed by atoms with van der Waals surface area (Å²) in [4.78, 5) is 17.4. The fourth-order valence-corrected chi connectivity index (χ4v) is 3.89. The molecule has 6 heteroatoms. The second-order valence-corrected chi connectivity index (χ2v) is 6.82. The number of benzene rings is 1. The topological polar surface area (TPSA) is 62.5 Å². The fourth-order valence-electron chi connectivity index (χ4n) is 3.00. The molecule has 1 heterocycles. The number of aliphatic imine (C=N–C) groups is 1. The van der Waals surface area contributed by atoms with Crippen LogP contribution < -0.4 is 0 Å². The van der Waals surface area contributed by atoms with Crippen LogP contribution in [0.5, 0.6) is 0 Å². The van der Waals surface area contributed by atoms with Crippen molar-refractivity contribution in [2.45, 2.75) is 32.6 Å². The van der Waals surface area contributed by atoms with Crippen molar-refractivity contribution < 1.29 is 9.53 Å². The maximum Gasteiger partial charge on any atom is 0.336 e. The second kappa shape index (κ2) is 9.07. The predicted molar refractivity (Wildman–Crippen MR) is 103 cm³/mol. The van der Waals surface area contributed by atoms with E-state index in [1.54, 1.807) is 13.0 Å².